The molecule has 1 aromatic rings. The smallest absolute Gasteiger partial charge is 0.392 e. The SMILES string of the molecule is C[C@H](O)c1ccccc1OCCC(F)(F)F. The summed E-state index contributed by atoms with van der Waals surface area (Å²) in [5.74, 6) is 0.293. The number of alkyl halides is 3. The van der Waals surface area contributed by atoms with Crippen LogP contribution in [-0.2, 0) is 0 Å². The van der Waals surface area contributed by atoms with E-state index in [0.29, 0.717) is 11.3 Å². The number of benzene rings is 1. The Hall–Kier alpha value is -1.23. The van der Waals surface area contributed by atoms with Crippen LogP contribution in [0.15, 0.2) is 24.3 Å². The normalized spacial score (nSPS) is 13.6. The van der Waals surface area contributed by atoms with Crippen molar-refractivity contribution in [2.24, 2.45) is 0 Å². The molecule has 0 heterocycles. The first-order valence-corrected chi connectivity index (χ1v) is 4.86. The van der Waals surface area contributed by atoms with Crippen molar-refractivity contribution in [3.8, 4) is 5.75 Å². The lowest BCUT2D eigenvalue weighted by Crippen LogP contribution is -2.13. The quantitative estimate of drug-likeness (QED) is 0.867. The minimum absolute atomic E-state index is 0.293. The van der Waals surface area contributed by atoms with Crippen molar-refractivity contribution < 1.29 is 23.0 Å². The molecule has 0 bridgehead atoms. The molecule has 1 aromatic carbocycles. The Labute approximate surface area is 91.7 Å². The number of para-hydroxylation sites is 1. The lowest BCUT2D eigenvalue weighted by molar-refractivity contribution is -0.139. The second-order valence-corrected chi connectivity index (χ2v) is 3.43. The fraction of sp³-hybridized carbons (Fsp3) is 0.455. The van der Waals surface area contributed by atoms with E-state index in [0.717, 1.165) is 0 Å². The Balaban J connectivity index is 2.60. The maximum atomic E-state index is 11.9. The molecule has 0 aromatic heterocycles. The summed E-state index contributed by atoms with van der Waals surface area (Å²) < 4.78 is 40.7. The highest BCUT2D eigenvalue weighted by Gasteiger charge is 2.27. The summed E-state index contributed by atoms with van der Waals surface area (Å²) in [6.45, 7) is 1.10. The van der Waals surface area contributed by atoms with E-state index >= 15 is 0 Å². The summed E-state index contributed by atoms with van der Waals surface area (Å²) >= 11 is 0. The lowest BCUT2D eigenvalue weighted by Gasteiger charge is -2.13. The number of aliphatic hydroxyl groups is 1. The van der Waals surface area contributed by atoms with Crippen LogP contribution in [0.3, 0.4) is 0 Å². The Kier molecular flexibility index (Phi) is 4.18. The van der Waals surface area contributed by atoms with Gasteiger partial charge in [0, 0.05) is 5.56 Å². The van der Waals surface area contributed by atoms with Crippen LogP contribution < -0.4 is 4.74 Å². The molecule has 5 heteroatoms. The molecule has 0 spiro atoms. The van der Waals surface area contributed by atoms with E-state index in [1.54, 1.807) is 24.3 Å². The average Bonchev–Trinajstić information content (AvgIpc) is 2.16. The van der Waals surface area contributed by atoms with Crippen LogP contribution in [0.25, 0.3) is 0 Å². The van der Waals surface area contributed by atoms with E-state index in [2.05, 4.69) is 0 Å². The molecule has 16 heavy (non-hydrogen) atoms. The van der Waals surface area contributed by atoms with Gasteiger partial charge >= 0.3 is 6.18 Å². The summed E-state index contributed by atoms with van der Waals surface area (Å²) in [5, 5.41) is 9.36. The molecule has 0 fully saturated rings. The second kappa shape index (κ2) is 5.21. The van der Waals surface area contributed by atoms with Crippen molar-refractivity contribution in [1.29, 1.82) is 0 Å². The summed E-state index contributed by atoms with van der Waals surface area (Å²) in [5.41, 5.74) is 0.490. The molecule has 1 atom stereocenters. The Morgan fingerprint density at radius 3 is 2.50 bits per heavy atom. The number of halogens is 3. The molecule has 1 rings (SSSR count). The van der Waals surface area contributed by atoms with Crippen molar-refractivity contribution >= 4 is 0 Å². The third-order valence-corrected chi connectivity index (χ3v) is 2.01. The van der Waals surface area contributed by atoms with E-state index < -0.39 is 25.3 Å². The van der Waals surface area contributed by atoms with Gasteiger partial charge in [-0.2, -0.15) is 13.2 Å². The number of rotatable bonds is 4. The highest BCUT2D eigenvalue weighted by Crippen LogP contribution is 2.26. The molecule has 2 nitrogen and oxygen atoms in total. The molecule has 1 N–H and O–H groups in total. The van der Waals surface area contributed by atoms with Gasteiger partial charge in [-0.15, -0.1) is 0 Å². The molecule has 0 aliphatic carbocycles. The summed E-state index contributed by atoms with van der Waals surface area (Å²) in [6, 6.07) is 6.50. The molecular weight excluding hydrogens is 221 g/mol. The summed E-state index contributed by atoms with van der Waals surface area (Å²) in [4.78, 5) is 0. The van der Waals surface area contributed by atoms with Crippen LogP contribution >= 0.6 is 0 Å². The van der Waals surface area contributed by atoms with Gasteiger partial charge in [0.25, 0.3) is 0 Å². The second-order valence-electron chi connectivity index (χ2n) is 3.43. The Bertz CT molecular complexity index is 334. The molecule has 90 valence electrons. The Morgan fingerprint density at radius 1 is 1.31 bits per heavy atom. The summed E-state index contributed by atoms with van der Waals surface area (Å²) in [7, 11) is 0. The molecule has 0 unspecified atom stereocenters. The minimum Gasteiger partial charge on any atom is -0.493 e. The average molecular weight is 234 g/mol. The molecule has 0 saturated heterocycles. The van der Waals surface area contributed by atoms with Gasteiger partial charge < -0.3 is 9.84 Å². The maximum absolute atomic E-state index is 11.9. The van der Waals surface area contributed by atoms with Crippen LogP contribution in [0.4, 0.5) is 13.2 Å². The topological polar surface area (TPSA) is 29.5 Å². The van der Waals surface area contributed by atoms with Gasteiger partial charge in [-0.1, -0.05) is 18.2 Å². The van der Waals surface area contributed by atoms with Gasteiger partial charge in [-0.25, -0.2) is 0 Å². The van der Waals surface area contributed by atoms with Crippen LogP contribution in [0, 0.1) is 0 Å². The Morgan fingerprint density at radius 2 is 1.94 bits per heavy atom. The van der Waals surface area contributed by atoms with Crippen molar-refractivity contribution in [3.05, 3.63) is 29.8 Å². The molecule has 0 aliphatic rings. The highest BCUT2D eigenvalue weighted by molar-refractivity contribution is 5.34. The van der Waals surface area contributed by atoms with Crippen LogP contribution in [0.1, 0.15) is 25.0 Å². The van der Waals surface area contributed by atoms with Crippen LogP contribution in [0.2, 0.25) is 0 Å². The van der Waals surface area contributed by atoms with Crippen molar-refractivity contribution in [2.45, 2.75) is 25.6 Å². The van der Waals surface area contributed by atoms with Gasteiger partial charge in [0.05, 0.1) is 19.1 Å². The molecule has 0 saturated carbocycles. The van der Waals surface area contributed by atoms with E-state index in [1.165, 1.54) is 6.92 Å². The number of hydrogen-bond donors (Lipinski definition) is 1. The monoisotopic (exact) mass is 234 g/mol. The molecular formula is C11H13F3O2. The number of aliphatic hydroxyl groups excluding tert-OH is 1. The standard InChI is InChI=1S/C11H13F3O2/c1-8(15)9-4-2-3-5-10(9)16-7-6-11(12,13)14/h2-5,8,15H,6-7H2,1H3/t8-/m0/s1. The predicted octanol–water partition coefficient (Wildman–Crippen LogP) is 3.07. The predicted molar refractivity (Wildman–Crippen MR) is 53.2 cm³/mol. The first kappa shape index (κ1) is 12.8. The largest absolute Gasteiger partial charge is 0.493 e. The van der Waals surface area contributed by atoms with E-state index in [9.17, 15) is 18.3 Å². The fourth-order valence-corrected chi connectivity index (χ4v) is 1.23. The first-order valence-electron chi connectivity index (χ1n) is 4.86. The van der Waals surface area contributed by atoms with Crippen LogP contribution in [0.5, 0.6) is 5.75 Å². The number of ether oxygens (including phenoxy) is 1. The van der Waals surface area contributed by atoms with Crippen molar-refractivity contribution in [2.75, 3.05) is 6.61 Å². The minimum atomic E-state index is -4.22. The number of hydrogen-bond acceptors (Lipinski definition) is 2. The third kappa shape index (κ3) is 4.10. The zero-order chi connectivity index (χ0) is 12.2. The molecule has 0 radical (unpaired) electrons. The fourth-order valence-electron chi connectivity index (χ4n) is 1.23. The van der Waals surface area contributed by atoms with E-state index in [1.807, 2.05) is 0 Å². The zero-order valence-electron chi connectivity index (χ0n) is 8.79. The molecule has 0 amide bonds. The third-order valence-electron chi connectivity index (χ3n) is 2.01. The van der Waals surface area contributed by atoms with Gasteiger partial charge in [-0.3, -0.25) is 0 Å². The first-order chi connectivity index (χ1) is 7.40. The summed E-state index contributed by atoms with van der Waals surface area (Å²) in [6.07, 6.45) is -5.98. The maximum Gasteiger partial charge on any atom is 0.392 e. The molecule has 0 aliphatic heterocycles. The van der Waals surface area contributed by atoms with Gasteiger partial charge in [-0.05, 0) is 13.0 Å². The van der Waals surface area contributed by atoms with Crippen LogP contribution in [-0.4, -0.2) is 17.9 Å². The van der Waals surface area contributed by atoms with Gasteiger partial charge in [0.1, 0.15) is 5.75 Å². The highest BCUT2D eigenvalue weighted by atomic mass is 19.4. The lowest BCUT2D eigenvalue weighted by atomic mass is 10.1. The van der Waals surface area contributed by atoms with E-state index in [-0.39, 0.29) is 0 Å². The van der Waals surface area contributed by atoms with Crippen molar-refractivity contribution in [1.82, 2.24) is 0 Å². The van der Waals surface area contributed by atoms with Gasteiger partial charge in [0.2, 0.25) is 0 Å². The van der Waals surface area contributed by atoms with Gasteiger partial charge in [0.15, 0.2) is 0 Å². The van der Waals surface area contributed by atoms with E-state index in [4.69, 9.17) is 4.74 Å². The van der Waals surface area contributed by atoms with Crippen molar-refractivity contribution in [3.63, 3.8) is 0 Å². The zero-order valence-corrected chi connectivity index (χ0v) is 8.79.